The van der Waals surface area contributed by atoms with Crippen LogP contribution in [0.2, 0.25) is 0 Å². The van der Waals surface area contributed by atoms with Crippen molar-refractivity contribution in [1.29, 1.82) is 0 Å². The summed E-state index contributed by atoms with van der Waals surface area (Å²) in [7, 11) is 0. The summed E-state index contributed by atoms with van der Waals surface area (Å²) in [5.74, 6) is -0.864. The van der Waals surface area contributed by atoms with Gasteiger partial charge in [-0.2, -0.15) is 5.10 Å². The molecule has 2 rings (SSSR count). The van der Waals surface area contributed by atoms with Crippen molar-refractivity contribution in [2.45, 2.75) is 19.8 Å². The van der Waals surface area contributed by atoms with Gasteiger partial charge in [-0.1, -0.05) is 25.1 Å². The normalized spacial score (nSPS) is 13.9. The van der Waals surface area contributed by atoms with E-state index in [0.717, 1.165) is 11.4 Å². The zero-order valence-electron chi connectivity index (χ0n) is 11.5. The Morgan fingerprint density at radius 3 is 2.60 bits per heavy atom. The highest BCUT2D eigenvalue weighted by Crippen LogP contribution is 2.26. The van der Waals surface area contributed by atoms with Crippen molar-refractivity contribution < 1.29 is 9.90 Å². The third kappa shape index (κ3) is 2.72. The number of aliphatic carboxylic acids is 1. The van der Waals surface area contributed by atoms with E-state index in [4.69, 9.17) is 5.73 Å². The second-order valence-electron chi connectivity index (χ2n) is 4.91. The topological polar surface area (TPSA) is 81.1 Å². The number of benzene rings is 1. The van der Waals surface area contributed by atoms with Crippen molar-refractivity contribution in [3.8, 4) is 5.69 Å². The second-order valence-corrected chi connectivity index (χ2v) is 4.91. The zero-order chi connectivity index (χ0) is 14.6. The first-order chi connectivity index (χ1) is 9.61. The van der Waals surface area contributed by atoms with Crippen LogP contribution in [0.3, 0.4) is 0 Å². The maximum Gasteiger partial charge on any atom is 0.311 e. The van der Waals surface area contributed by atoms with Gasteiger partial charge in [-0.3, -0.25) is 4.79 Å². The van der Waals surface area contributed by atoms with Crippen molar-refractivity contribution >= 4 is 5.97 Å². The van der Waals surface area contributed by atoms with Crippen LogP contribution in [0.15, 0.2) is 42.6 Å². The third-order valence-electron chi connectivity index (χ3n) is 3.71. The van der Waals surface area contributed by atoms with Gasteiger partial charge in [0.2, 0.25) is 0 Å². The molecular formula is C15H19N3O2. The van der Waals surface area contributed by atoms with Crippen molar-refractivity contribution in [1.82, 2.24) is 9.78 Å². The van der Waals surface area contributed by atoms with Crippen molar-refractivity contribution in [3.05, 3.63) is 48.3 Å². The summed E-state index contributed by atoms with van der Waals surface area (Å²) in [5.41, 5.74) is 6.42. The molecule has 20 heavy (non-hydrogen) atoms. The van der Waals surface area contributed by atoms with E-state index in [-0.39, 0.29) is 6.54 Å². The van der Waals surface area contributed by atoms with Gasteiger partial charge in [0.15, 0.2) is 0 Å². The smallest absolute Gasteiger partial charge is 0.311 e. The molecule has 0 aliphatic carbocycles. The third-order valence-corrected chi connectivity index (χ3v) is 3.71. The van der Waals surface area contributed by atoms with Crippen molar-refractivity contribution in [2.75, 3.05) is 6.54 Å². The molecule has 0 bridgehead atoms. The predicted octanol–water partition coefficient (Wildman–Crippen LogP) is 1.85. The molecular weight excluding hydrogens is 254 g/mol. The molecule has 2 aromatic rings. The van der Waals surface area contributed by atoms with Crippen LogP contribution < -0.4 is 5.73 Å². The van der Waals surface area contributed by atoms with Gasteiger partial charge in [0.05, 0.1) is 16.8 Å². The number of carboxylic acid groups (broad SMARTS) is 1. The summed E-state index contributed by atoms with van der Waals surface area (Å²) < 4.78 is 1.74. The number of aromatic nitrogens is 2. The molecule has 1 heterocycles. The highest BCUT2D eigenvalue weighted by atomic mass is 16.4. The summed E-state index contributed by atoms with van der Waals surface area (Å²) >= 11 is 0. The monoisotopic (exact) mass is 273 g/mol. The minimum absolute atomic E-state index is 0.108. The highest BCUT2D eigenvalue weighted by molar-refractivity contribution is 5.75. The van der Waals surface area contributed by atoms with Gasteiger partial charge in [-0.25, -0.2) is 4.68 Å². The molecule has 3 N–H and O–H groups in total. The van der Waals surface area contributed by atoms with Crippen LogP contribution in [0.5, 0.6) is 0 Å². The fraction of sp³-hybridized carbons (Fsp3) is 0.333. The Kier molecular flexibility index (Phi) is 4.20. The number of hydrogen-bond acceptors (Lipinski definition) is 3. The molecule has 0 saturated carbocycles. The molecule has 0 fully saturated rings. The van der Waals surface area contributed by atoms with Crippen LogP contribution in [0.1, 0.15) is 19.0 Å². The predicted molar refractivity (Wildman–Crippen MR) is 76.7 cm³/mol. The molecule has 0 radical (unpaired) electrons. The van der Waals surface area contributed by atoms with Gasteiger partial charge in [0.25, 0.3) is 0 Å². The quantitative estimate of drug-likeness (QED) is 0.841. The maximum absolute atomic E-state index is 11.5. The van der Waals surface area contributed by atoms with E-state index in [1.54, 1.807) is 4.68 Å². The van der Waals surface area contributed by atoms with Crippen LogP contribution >= 0.6 is 0 Å². The number of hydrogen-bond donors (Lipinski definition) is 2. The maximum atomic E-state index is 11.5. The average molecular weight is 273 g/mol. The van der Waals surface area contributed by atoms with Crippen molar-refractivity contribution in [2.24, 2.45) is 11.1 Å². The number of rotatable bonds is 6. The van der Waals surface area contributed by atoms with E-state index < -0.39 is 11.4 Å². The second kappa shape index (κ2) is 5.88. The van der Waals surface area contributed by atoms with Crippen LogP contribution in [0.4, 0.5) is 0 Å². The van der Waals surface area contributed by atoms with E-state index in [1.807, 2.05) is 49.5 Å². The number of nitrogens with two attached hydrogens (primary N) is 1. The molecule has 5 heteroatoms. The molecule has 106 valence electrons. The molecule has 5 nitrogen and oxygen atoms in total. The highest BCUT2D eigenvalue weighted by Gasteiger charge is 2.36. The number of nitrogens with zero attached hydrogens (tertiary/aromatic N) is 2. The van der Waals surface area contributed by atoms with Gasteiger partial charge < -0.3 is 10.8 Å². The van der Waals surface area contributed by atoms with E-state index in [1.165, 1.54) is 0 Å². The zero-order valence-corrected chi connectivity index (χ0v) is 11.5. The summed E-state index contributed by atoms with van der Waals surface area (Å²) in [6, 6.07) is 11.5. The van der Waals surface area contributed by atoms with Crippen LogP contribution in [0, 0.1) is 5.41 Å². The lowest BCUT2D eigenvalue weighted by molar-refractivity contribution is -0.148. The Bertz CT molecular complexity index is 574. The van der Waals surface area contributed by atoms with Gasteiger partial charge in [-0.05, 0) is 24.6 Å². The van der Waals surface area contributed by atoms with Crippen LogP contribution in [0.25, 0.3) is 5.69 Å². The largest absolute Gasteiger partial charge is 0.481 e. The molecule has 0 saturated heterocycles. The van der Waals surface area contributed by atoms with E-state index in [9.17, 15) is 9.90 Å². The number of para-hydroxylation sites is 1. The summed E-state index contributed by atoms with van der Waals surface area (Å²) in [4.78, 5) is 11.5. The Morgan fingerprint density at radius 2 is 2.05 bits per heavy atom. The number of carboxylic acids is 1. The molecule has 1 aromatic carbocycles. The molecule has 0 amide bonds. The Labute approximate surface area is 118 Å². The van der Waals surface area contributed by atoms with E-state index in [2.05, 4.69) is 5.10 Å². The molecule has 0 aliphatic heterocycles. The van der Waals surface area contributed by atoms with Crippen molar-refractivity contribution in [3.63, 3.8) is 0 Å². The molecule has 1 aromatic heterocycles. The number of carbonyl (C=O) groups is 1. The first kappa shape index (κ1) is 14.3. The summed E-state index contributed by atoms with van der Waals surface area (Å²) in [6.45, 7) is 1.95. The molecule has 1 unspecified atom stereocenters. The Morgan fingerprint density at radius 1 is 1.35 bits per heavy atom. The first-order valence-corrected chi connectivity index (χ1v) is 6.65. The lowest BCUT2D eigenvalue weighted by Gasteiger charge is -2.25. The summed E-state index contributed by atoms with van der Waals surface area (Å²) in [6.07, 6.45) is 2.66. The molecule has 0 aliphatic rings. The SMILES string of the molecule is CCC(CN)(Cc1ccn(-c2ccccc2)n1)C(=O)O. The van der Waals surface area contributed by atoms with E-state index >= 15 is 0 Å². The summed E-state index contributed by atoms with van der Waals surface area (Å²) in [5, 5.41) is 13.8. The Balaban J connectivity index is 2.23. The lowest BCUT2D eigenvalue weighted by Crippen LogP contribution is -2.40. The standard InChI is InChI=1S/C15H19N3O2/c1-2-15(11-16,14(19)20)10-12-8-9-18(17-12)13-6-4-3-5-7-13/h3-9H,2,10-11,16H2,1H3,(H,19,20). The van der Waals surface area contributed by atoms with Gasteiger partial charge in [0.1, 0.15) is 0 Å². The minimum Gasteiger partial charge on any atom is -0.481 e. The average Bonchev–Trinajstić information content (AvgIpc) is 2.94. The first-order valence-electron chi connectivity index (χ1n) is 6.65. The van der Waals surface area contributed by atoms with Crippen LogP contribution in [-0.2, 0) is 11.2 Å². The van der Waals surface area contributed by atoms with E-state index in [0.29, 0.717) is 12.8 Å². The minimum atomic E-state index is -0.935. The molecule has 0 spiro atoms. The Hall–Kier alpha value is -2.14. The van der Waals surface area contributed by atoms with Gasteiger partial charge in [0, 0.05) is 19.2 Å². The fourth-order valence-electron chi connectivity index (χ4n) is 2.18. The van der Waals surface area contributed by atoms with Gasteiger partial charge >= 0.3 is 5.97 Å². The lowest BCUT2D eigenvalue weighted by atomic mass is 9.81. The van der Waals surface area contributed by atoms with Crippen LogP contribution in [-0.4, -0.2) is 27.4 Å². The fourth-order valence-corrected chi connectivity index (χ4v) is 2.18. The van der Waals surface area contributed by atoms with Gasteiger partial charge in [-0.15, -0.1) is 0 Å². The molecule has 1 atom stereocenters.